The van der Waals surface area contributed by atoms with Crippen molar-refractivity contribution in [1.82, 2.24) is 0 Å². The van der Waals surface area contributed by atoms with Crippen molar-refractivity contribution in [3.63, 3.8) is 0 Å². The lowest BCUT2D eigenvalue weighted by molar-refractivity contribution is 0.0531. The van der Waals surface area contributed by atoms with E-state index in [1.54, 1.807) is 32.2 Å². The first kappa shape index (κ1) is 21.7. The van der Waals surface area contributed by atoms with Gasteiger partial charge in [-0.15, -0.1) is 0 Å². The number of benzene rings is 1. The van der Waals surface area contributed by atoms with E-state index in [-0.39, 0.29) is 12.4 Å². The van der Waals surface area contributed by atoms with E-state index in [0.717, 1.165) is 11.3 Å². The molecule has 0 spiro atoms. The van der Waals surface area contributed by atoms with E-state index in [2.05, 4.69) is 0 Å². The van der Waals surface area contributed by atoms with Crippen LogP contribution in [0.25, 0.3) is 0 Å². The molecule has 0 fully saturated rings. The molecule has 1 aromatic heterocycles. The van der Waals surface area contributed by atoms with Crippen molar-refractivity contribution in [1.29, 1.82) is 0 Å². The standard InChI is InChI=1S/C22H24O7S/c1-5-27-12-13-7-9-15-18(19(13)23)22(30-20(15)21(24)28-6-2)29-14-8-10-16(25-3)17(11-14)26-4/h8,10-12H,5-7,9H2,1-4H3. The number of ketones is 1. The zero-order valence-corrected chi connectivity index (χ0v) is 18.2. The molecule has 1 heterocycles. The summed E-state index contributed by atoms with van der Waals surface area (Å²) < 4.78 is 27.1. The number of hydrogen-bond donors (Lipinski definition) is 0. The second kappa shape index (κ2) is 9.67. The van der Waals surface area contributed by atoms with Crippen LogP contribution in [0.5, 0.6) is 22.3 Å². The Labute approximate surface area is 179 Å². The van der Waals surface area contributed by atoms with Gasteiger partial charge in [0, 0.05) is 11.6 Å². The summed E-state index contributed by atoms with van der Waals surface area (Å²) in [4.78, 5) is 26.0. The third-order valence-electron chi connectivity index (χ3n) is 4.56. The highest BCUT2D eigenvalue weighted by atomic mass is 32.1. The third kappa shape index (κ3) is 4.28. The molecule has 160 valence electrons. The average molecular weight is 432 g/mol. The maximum atomic E-state index is 13.1. The molecule has 0 N–H and O–H groups in total. The van der Waals surface area contributed by atoms with Crippen LogP contribution in [0.1, 0.15) is 45.9 Å². The molecule has 0 bridgehead atoms. The fourth-order valence-electron chi connectivity index (χ4n) is 3.16. The average Bonchev–Trinajstić information content (AvgIpc) is 3.12. The van der Waals surface area contributed by atoms with E-state index in [4.69, 9.17) is 23.7 Å². The van der Waals surface area contributed by atoms with Crippen molar-refractivity contribution in [3.05, 3.63) is 46.0 Å². The zero-order chi connectivity index (χ0) is 21.7. The quantitative estimate of drug-likeness (QED) is 0.337. The van der Waals surface area contributed by atoms with E-state index in [9.17, 15) is 9.59 Å². The van der Waals surface area contributed by atoms with Crippen LogP contribution < -0.4 is 14.2 Å². The second-order valence-electron chi connectivity index (χ2n) is 6.34. The van der Waals surface area contributed by atoms with Crippen LogP contribution in [-0.2, 0) is 15.9 Å². The fraction of sp³-hybridized carbons (Fsp3) is 0.364. The highest BCUT2D eigenvalue weighted by Crippen LogP contribution is 2.44. The summed E-state index contributed by atoms with van der Waals surface area (Å²) in [6, 6.07) is 5.09. The first-order valence-electron chi connectivity index (χ1n) is 9.61. The molecule has 1 aromatic carbocycles. The number of carbonyl (C=O) groups is 2. The molecule has 0 aliphatic heterocycles. The van der Waals surface area contributed by atoms with Crippen molar-refractivity contribution >= 4 is 23.1 Å². The Hall–Kier alpha value is -3.00. The number of ether oxygens (including phenoxy) is 5. The summed E-state index contributed by atoms with van der Waals surface area (Å²) in [6.45, 7) is 4.31. The number of fused-ring (bicyclic) bond motifs is 1. The number of thiophene rings is 1. The summed E-state index contributed by atoms with van der Waals surface area (Å²) in [6.07, 6.45) is 2.51. The van der Waals surface area contributed by atoms with E-state index in [1.807, 2.05) is 6.92 Å². The van der Waals surface area contributed by atoms with Crippen molar-refractivity contribution in [2.24, 2.45) is 0 Å². The highest BCUT2D eigenvalue weighted by Gasteiger charge is 2.34. The normalized spacial score (nSPS) is 14.3. The van der Waals surface area contributed by atoms with Gasteiger partial charge in [-0.1, -0.05) is 11.3 Å². The molecular weight excluding hydrogens is 408 g/mol. The number of hydrogen-bond acceptors (Lipinski definition) is 8. The minimum atomic E-state index is -0.453. The van der Waals surface area contributed by atoms with Gasteiger partial charge in [0.05, 0.1) is 39.3 Å². The van der Waals surface area contributed by atoms with Crippen LogP contribution in [0, 0.1) is 0 Å². The maximum Gasteiger partial charge on any atom is 0.348 e. The number of carbonyl (C=O) groups excluding carboxylic acids is 2. The van der Waals surface area contributed by atoms with E-state index in [0.29, 0.717) is 63.3 Å². The third-order valence-corrected chi connectivity index (χ3v) is 5.65. The maximum absolute atomic E-state index is 13.1. The lowest BCUT2D eigenvalue weighted by atomic mass is 9.88. The monoisotopic (exact) mass is 432 g/mol. The predicted molar refractivity (Wildman–Crippen MR) is 112 cm³/mol. The summed E-state index contributed by atoms with van der Waals surface area (Å²) in [5.74, 6) is 0.858. The Morgan fingerprint density at radius 2 is 1.87 bits per heavy atom. The molecule has 7 nitrogen and oxygen atoms in total. The van der Waals surface area contributed by atoms with Crippen LogP contribution >= 0.6 is 11.3 Å². The smallest absolute Gasteiger partial charge is 0.348 e. The molecule has 0 amide bonds. The SMILES string of the molecule is CCOC=C1CCc2c(C(=O)OCC)sc(Oc3ccc(OC)c(OC)c3)c2C1=O. The minimum Gasteiger partial charge on any atom is -0.501 e. The van der Waals surface area contributed by atoms with E-state index in [1.165, 1.54) is 13.4 Å². The Morgan fingerprint density at radius 3 is 2.53 bits per heavy atom. The lowest BCUT2D eigenvalue weighted by Crippen LogP contribution is -2.16. The summed E-state index contributed by atoms with van der Waals surface area (Å²) in [5.41, 5.74) is 1.59. The van der Waals surface area contributed by atoms with Crippen LogP contribution in [0.4, 0.5) is 0 Å². The molecule has 0 saturated carbocycles. The fourth-order valence-corrected chi connectivity index (χ4v) is 4.27. The number of allylic oxidation sites excluding steroid dienone is 1. The Bertz CT molecular complexity index is 974. The van der Waals surface area contributed by atoms with Gasteiger partial charge in [0.2, 0.25) is 0 Å². The number of esters is 1. The molecule has 0 unspecified atom stereocenters. The molecule has 2 aromatic rings. The lowest BCUT2D eigenvalue weighted by Gasteiger charge is -2.16. The molecule has 30 heavy (non-hydrogen) atoms. The molecule has 0 radical (unpaired) electrons. The van der Waals surface area contributed by atoms with Crippen LogP contribution in [0.3, 0.4) is 0 Å². The van der Waals surface area contributed by atoms with Gasteiger partial charge in [-0.3, -0.25) is 4.79 Å². The first-order chi connectivity index (χ1) is 14.5. The number of Topliss-reactive ketones (excluding diaryl/α,β-unsaturated/α-hetero) is 1. The summed E-state index contributed by atoms with van der Waals surface area (Å²) >= 11 is 1.11. The number of methoxy groups -OCH3 is 2. The van der Waals surface area contributed by atoms with E-state index >= 15 is 0 Å². The van der Waals surface area contributed by atoms with Gasteiger partial charge in [0.25, 0.3) is 0 Å². The molecule has 3 rings (SSSR count). The topological polar surface area (TPSA) is 80.3 Å². The van der Waals surface area contributed by atoms with Gasteiger partial charge in [-0.05, 0) is 44.4 Å². The zero-order valence-electron chi connectivity index (χ0n) is 17.4. The van der Waals surface area contributed by atoms with Crippen LogP contribution in [-0.4, -0.2) is 39.2 Å². The Balaban J connectivity index is 2.04. The predicted octanol–water partition coefficient (Wildman–Crippen LogP) is 4.78. The first-order valence-corrected chi connectivity index (χ1v) is 10.4. The minimum absolute atomic E-state index is 0.202. The molecule has 1 aliphatic carbocycles. The molecule has 1 aliphatic rings. The van der Waals surface area contributed by atoms with Gasteiger partial charge < -0.3 is 23.7 Å². The molecule has 0 saturated heterocycles. The van der Waals surface area contributed by atoms with Crippen molar-refractivity contribution in [3.8, 4) is 22.3 Å². The molecular formula is C22H24O7S. The van der Waals surface area contributed by atoms with Crippen molar-refractivity contribution in [2.75, 3.05) is 27.4 Å². The highest BCUT2D eigenvalue weighted by molar-refractivity contribution is 7.16. The van der Waals surface area contributed by atoms with Gasteiger partial charge in [-0.2, -0.15) is 0 Å². The van der Waals surface area contributed by atoms with Crippen LogP contribution in [0.15, 0.2) is 30.0 Å². The van der Waals surface area contributed by atoms with Gasteiger partial charge in [-0.25, -0.2) is 4.79 Å². The largest absolute Gasteiger partial charge is 0.501 e. The van der Waals surface area contributed by atoms with Crippen LogP contribution in [0.2, 0.25) is 0 Å². The van der Waals surface area contributed by atoms with Crippen molar-refractivity contribution in [2.45, 2.75) is 26.7 Å². The van der Waals surface area contributed by atoms with Gasteiger partial charge in [0.15, 0.2) is 22.3 Å². The summed E-state index contributed by atoms with van der Waals surface area (Å²) in [5, 5.41) is 0.340. The Morgan fingerprint density at radius 1 is 1.10 bits per heavy atom. The Kier molecular flexibility index (Phi) is 6.99. The van der Waals surface area contributed by atoms with E-state index < -0.39 is 5.97 Å². The van der Waals surface area contributed by atoms with Gasteiger partial charge in [0.1, 0.15) is 10.6 Å². The summed E-state index contributed by atoms with van der Waals surface area (Å²) in [7, 11) is 3.08. The number of rotatable bonds is 8. The molecule has 8 heteroatoms. The second-order valence-corrected chi connectivity index (χ2v) is 7.32. The van der Waals surface area contributed by atoms with Crippen molar-refractivity contribution < 1.29 is 33.3 Å². The van der Waals surface area contributed by atoms with Gasteiger partial charge >= 0.3 is 5.97 Å². The molecule has 0 atom stereocenters.